The lowest BCUT2D eigenvalue weighted by Crippen LogP contribution is -2.62. The molecule has 0 N–H and O–H groups in total. The number of methoxy groups -OCH3 is 1. The molecule has 29 heavy (non-hydrogen) atoms. The van der Waals surface area contributed by atoms with Gasteiger partial charge in [-0.25, -0.2) is 0 Å². The SMILES string of the molecule is CO[C@H]1O[C@@H]2COC(c3ccccc3)O[C@H]2[C@H](OCc2ccccc2)[C@H]1N=[N+]=[N-]. The van der Waals surface area contributed by atoms with Gasteiger partial charge in [0.15, 0.2) is 12.6 Å². The Balaban J connectivity index is 1.58. The van der Waals surface area contributed by atoms with Gasteiger partial charge in [0, 0.05) is 17.6 Å². The third-order valence-corrected chi connectivity index (χ3v) is 5.08. The van der Waals surface area contributed by atoms with Gasteiger partial charge in [0.25, 0.3) is 0 Å². The molecule has 2 aromatic rings. The third kappa shape index (κ3) is 4.43. The molecule has 0 amide bonds. The van der Waals surface area contributed by atoms with Crippen molar-refractivity contribution in [3.05, 3.63) is 82.2 Å². The van der Waals surface area contributed by atoms with Crippen LogP contribution in [0.25, 0.3) is 10.4 Å². The molecule has 0 aromatic heterocycles. The summed E-state index contributed by atoms with van der Waals surface area (Å²) in [5.74, 6) is 0. The van der Waals surface area contributed by atoms with Gasteiger partial charge >= 0.3 is 0 Å². The summed E-state index contributed by atoms with van der Waals surface area (Å²) in [5, 5.41) is 3.90. The Hall–Kier alpha value is -2.45. The Morgan fingerprint density at radius 1 is 1.07 bits per heavy atom. The summed E-state index contributed by atoms with van der Waals surface area (Å²) >= 11 is 0. The molecule has 0 radical (unpaired) electrons. The molecule has 0 aliphatic carbocycles. The van der Waals surface area contributed by atoms with Gasteiger partial charge in [-0.2, -0.15) is 0 Å². The molecule has 4 rings (SSSR count). The van der Waals surface area contributed by atoms with E-state index in [0.29, 0.717) is 13.2 Å². The van der Waals surface area contributed by atoms with E-state index in [2.05, 4.69) is 10.0 Å². The minimum absolute atomic E-state index is 0.318. The van der Waals surface area contributed by atoms with Gasteiger partial charge in [-0.15, -0.1) is 0 Å². The molecule has 6 atom stereocenters. The Morgan fingerprint density at radius 2 is 1.79 bits per heavy atom. The molecule has 8 heteroatoms. The van der Waals surface area contributed by atoms with E-state index in [1.807, 2.05) is 60.7 Å². The largest absolute Gasteiger partial charge is 0.370 e. The predicted molar refractivity (Wildman–Crippen MR) is 104 cm³/mol. The molecule has 1 unspecified atom stereocenters. The molecule has 2 fully saturated rings. The molecule has 2 aliphatic rings. The van der Waals surface area contributed by atoms with Gasteiger partial charge in [0.05, 0.1) is 13.2 Å². The highest BCUT2D eigenvalue weighted by Gasteiger charge is 2.50. The van der Waals surface area contributed by atoms with E-state index in [-0.39, 0.29) is 0 Å². The highest BCUT2D eigenvalue weighted by atomic mass is 16.7. The van der Waals surface area contributed by atoms with E-state index in [4.69, 9.17) is 29.2 Å². The molecule has 0 bridgehead atoms. The molecular formula is C21H23N3O5. The molecule has 2 saturated heterocycles. The summed E-state index contributed by atoms with van der Waals surface area (Å²) < 4.78 is 29.7. The number of azide groups is 1. The average Bonchev–Trinajstić information content (AvgIpc) is 2.79. The minimum atomic E-state index is -0.742. The smallest absolute Gasteiger partial charge is 0.184 e. The molecule has 2 aromatic carbocycles. The van der Waals surface area contributed by atoms with Crippen molar-refractivity contribution in [2.75, 3.05) is 13.7 Å². The van der Waals surface area contributed by atoms with Gasteiger partial charge in [0.2, 0.25) is 0 Å². The van der Waals surface area contributed by atoms with Crippen LogP contribution >= 0.6 is 0 Å². The standard InChI is InChI=1S/C21H23N3O5/c1-25-21-17(23-24-22)19(26-12-14-8-4-2-5-9-14)18-16(28-21)13-27-20(29-18)15-10-6-3-7-11-15/h2-11,16-21H,12-13H2,1H3/t16-,17-,18-,19-,20?,21+/m1/s1. The van der Waals surface area contributed by atoms with Crippen molar-refractivity contribution < 1.29 is 23.7 Å². The van der Waals surface area contributed by atoms with Gasteiger partial charge < -0.3 is 23.7 Å². The summed E-state index contributed by atoms with van der Waals surface area (Å²) in [6.07, 6.45) is -2.71. The molecule has 0 spiro atoms. The van der Waals surface area contributed by atoms with Crippen LogP contribution in [0.1, 0.15) is 17.4 Å². The second-order valence-electron chi connectivity index (χ2n) is 6.91. The van der Waals surface area contributed by atoms with E-state index >= 15 is 0 Å². The molecular weight excluding hydrogens is 374 g/mol. The molecule has 8 nitrogen and oxygen atoms in total. The highest BCUT2D eigenvalue weighted by molar-refractivity contribution is 5.17. The van der Waals surface area contributed by atoms with Crippen molar-refractivity contribution in [1.29, 1.82) is 0 Å². The fourth-order valence-electron chi connectivity index (χ4n) is 3.67. The van der Waals surface area contributed by atoms with Crippen LogP contribution in [0.5, 0.6) is 0 Å². The molecule has 2 heterocycles. The lowest BCUT2D eigenvalue weighted by molar-refractivity contribution is -0.344. The fourth-order valence-corrected chi connectivity index (χ4v) is 3.67. The number of hydrogen-bond donors (Lipinski definition) is 0. The van der Waals surface area contributed by atoms with E-state index in [9.17, 15) is 0 Å². The third-order valence-electron chi connectivity index (χ3n) is 5.08. The normalized spacial score (nSPS) is 31.5. The predicted octanol–water partition coefficient (Wildman–Crippen LogP) is 3.74. The summed E-state index contributed by atoms with van der Waals surface area (Å²) in [6, 6.07) is 18.8. The number of fused-ring (bicyclic) bond motifs is 1. The number of benzene rings is 2. The number of ether oxygens (including phenoxy) is 5. The monoisotopic (exact) mass is 397 g/mol. The maximum Gasteiger partial charge on any atom is 0.184 e. The van der Waals surface area contributed by atoms with E-state index < -0.39 is 36.9 Å². The van der Waals surface area contributed by atoms with Crippen LogP contribution in [-0.2, 0) is 30.3 Å². The first-order valence-electron chi connectivity index (χ1n) is 9.50. The first kappa shape index (κ1) is 19.8. The Labute approximate surface area is 168 Å². The van der Waals surface area contributed by atoms with Crippen molar-refractivity contribution in [2.24, 2.45) is 5.11 Å². The average molecular weight is 397 g/mol. The second kappa shape index (κ2) is 9.37. The van der Waals surface area contributed by atoms with Gasteiger partial charge in [-0.1, -0.05) is 65.8 Å². The van der Waals surface area contributed by atoms with Crippen LogP contribution in [0, 0.1) is 0 Å². The van der Waals surface area contributed by atoms with Crippen LogP contribution < -0.4 is 0 Å². The van der Waals surface area contributed by atoms with Crippen molar-refractivity contribution in [2.45, 2.75) is 43.5 Å². The molecule has 152 valence electrons. The van der Waals surface area contributed by atoms with Crippen molar-refractivity contribution in [3.8, 4) is 0 Å². The van der Waals surface area contributed by atoms with Crippen molar-refractivity contribution >= 4 is 0 Å². The van der Waals surface area contributed by atoms with Crippen LogP contribution in [0.15, 0.2) is 65.8 Å². The zero-order valence-electron chi connectivity index (χ0n) is 16.0. The van der Waals surface area contributed by atoms with Crippen LogP contribution in [0.4, 0.5) is 0 Å². The van der Waals surface area contributed by atoms with Gasteiger partial charge in [-0.3, -0.25) is 0 Å². The van der Waals surface area contributed by atoms with Crippen LogP contribution in [0.3, 0.4) is 0 Å². The zero-order chi connectivity index (χ0) is 20.1. The fraction of sp³-hybridized carbons (Fsp3) is 0.429. The maximum absolute atomic E-state index is 9.09. The zero-order valence-corrected chi connectivity index (χ0v) is 16.0. The summed E-state index contributed by atoms with van der Waals surface area (Å²) in [4.78, 5) is 2.98. The Kier molecular flexibility index (Phi) is 6.41. The molecule has 2 aliphatic heterocycles. The maximum atomic E-state index is 9.09. The highest BCUT2D eigenvalue weighted by Crippen LogP contribution is 2.36. The first-order valence-corrected chi connectivity index (χ1v) is 9.50. The summed E-state index contributed by atoms with van der Waals surface area (Å²) in [7, 11) is 1.51. The van der Waals surface area contributed by atoms with E-state index in [0.717, 1.165) is 11.1 Å². The Bertz CT molecular complexity index is 831. The van der Waals surface area contributed by atoms with Crippen LogP contribution in [0.2, 0.25) is 0 Å². The topological polar surface area (TPSA) is 94.9 Å². The van der Waals surface area contributed by atoms with Crippen LogP contribution in [-0.4, -0.2) is 44.4 Å². The van der Waals surface area contributed by atoms with E-state index in [1.165, 1.54) is 7.11 Å². The van der Waals surface area contributed by atoms with Gasteiger partial charge in [0.1, 0.15) is 24.4 Å². The van der Waals surface area contributed by atoms with Gasteiger partial charge in [-0.05, 0) is 11.1 Å². The Morgan fingerprint density at radius 3 is 2.48 bits per heavy atom. The lowest BCUT2D eigenvalue weighted by Gasteiger charge is -2.47. The van der Waals surface area contributed by atoms with E-state index in [1.54, 1.807) is 0 Å². The summed E-state index contributed by atoms with van der Waals surface area (Å²) in [6.45, 7) is 0.668. The van der Waals surface area contributed by atoms with Crippen molar-refractivity contribution in [3.63, 3.8) is 0 Å². The lowest BCUT2D eigenvalue weighted by atomic mass is 9.96. The summed E-state index contributed by atoms with van der Waals surface area (Å²) in [5.41, 5.74) is 11.0. The minimum Gasteiger partial charge on any atom is -0.370 e. The molecule has 0 saturated carbocycles. The first-order chi connectivity index (χ1) is 14.3. The number of nitrogens with zero attached hydrogens (tertiary/aromatic N) is 3. The number of rotatable bonds is 6. The quantitative estimate of drug-likeness (QED) is 0.420. The number of hydrogen-bond acceptors (Lipinski definition) is 6. The second-order valence-corrected chi connectivity index (χ2v) is 6.91. The van der Waals surface area contributed by atoms with Crippen molar-refractivity contribution in [1.82, 2.24) is 0 Å².